The first-order valence-corrected chi connectivity index (χ1v) is 9.81. The summed E-state index contributed by atoms with van der Waals surface area (Å²) in [5.74, 6) is 1.63. The van der Waals surface area contributed by atoms with E-state index < -0.39 is 0 Å². The summed E-state index contributed by atoms with van der Waals surface area (Å²) >= 11 is 0. The number of rotatable bonds is 3. The molecule has 0 fully saturated rings. The zero-order valence-corrected chi connectivity index (χ0v) is 15.9. The third kappa shape index (κ3) is 3.22. The first-order valence-electron chi connectivity index (χ1n) is 9.81. The van der Waals surface area contributed by atoms with Crippen LogP contribution < -0.4 is 5.32 Å². The number of aryl methyl sites for hydroxylation is 2. The highest BCUT2D eigenvalue weighted by atomic mass is 15.0. The minimum Gasteiger partial charge on any atom is -0.363 e. The van der Waals surface area contributed by atoms with Crippen molar-refractivity contribution in [3.05, 3.63) is 83.8 Å². The van der Waals surface area contributed by atoms with Crippen molar-refractivity contribution in [2.24, 2.45) is 0 Å². The Hall–Kier alpha value is -3.27. The van der Waals surface area contributed by atoms with Gasteiger partial charge in [-0.05, 0) is 49.4 Å². The molecule has 0 radical (unpaired) electrons. The van der Waals surface area contributed by atoms with Gasteiger partial charge in [-0.1, -0.05) is 42.5 Å². The molecule has 2 aromatic heterocycles. The lowest BCUT2D eigenvalue weighted by molar-refractivity contribution is 0.598. The van der Waals surface area contributed by atoms with E-state index in [1.54, 1.807) is 0 Å². The van der Waals surface area contributed by atoms with E-state index in [2.05, 4.69) is 56.7 Å². The summed E-state index contributed by atoms with van der Waals surface area (Å²) < 4.78 is 0. The zero-order valence-electron chi connectivity index (χ0n) is 15.9. The van der Waals surface area contributed by atoms with E-state index in [1.807, 2.05) is 37.4 Å². The number of pyridine rings is 1. The zero-order chi connectivity index (χ0) is 18.9. The first kappa shape index (κ1) is 16.9. The molecule has 1 atom stereocenters. The summed E-state index contributed by atoms with van der Waals surface area (Å²) in [5.41, 5.74) is 5.73. The molecule has 5 rings (SSSR count). The number of fused-ring (bicyclic) bond motifs is 2. The highest BCUT2D eigenvalue weighted by Gasteiger charge is 2.20. The van der Waals surface area contributed by atoms with Crippen LogP contribution in [0.3, 0.4) is 0 Å². The maximum absolute atomic E-state index is 4.66. The van der Waals surface area contributed by atoms with Gasteiger partial charge in [0.1, 0.15) is 11.6 Å². The summed E-state index contributed by atoms with van der Waals surface area (Å²) in [6.45, 7) is 1.94. The fourth-order valence-corrected chi connectivity index (χ4v) is 4.08. The van der Waals surface area contributed by atoms with E-state index in [4.69, 9.17) is 0 Å². The quantitative estimate of drug-likeness (QED) is 0.521. The van der Waals surface area contributed by atoms with E-state index in [9.17, 15) is 0 Å². The maximum Gasteiger partial charge on any atom is 0.130 e. The predicted octanol–water partition coefficient (Wildman–Crippen LogP) is 5.49. The predicted molar refractivity (Wildman–Crippen MR) is 113 cm³/mol. The monoisotopic (exact) mass is 366 g/mol. The van der Waals surface area contributed by atoms with Gasteiger partial charge in [-0.2, -0.15) is 0 Å². The molecule has 2 heterocycles. The molecule has 1 aliphatic carbocycles. The Kier molecular flexibility index (Phi) is 4.24. The lowest BCUT2D eigenvalue weighted by Crippen LogP contribution is -2.18. The van der Waals surface area contributed by atoms with E-state index in [-0.39, 0.29) is 0 Å². The Morgan fingerprint density at radius 1 is 0.964 bits per heavy atom. The SMILES string of the molecule is Cc1nc(N[C@@H]2CCCc3ccccc32)cc(-c2cnc3ccccc3c2)n1. The molecule has 1 aliphatic rings. The maximum atomic E-state index is 4.66. The molecule has 2 aromatic carbocycles. The molecule has 0 bridgehead atoms. The third-order valence-corrected chi connectivity index (χ3v) is 5.42. The van der Waals surface area contributed by atoms with E-state index in [1.165, 1.54) is 17.5 Å². The van der Waals surface area contributed by atoms with Gasteiger partial charge in [-0.3, -0.25) is 4.98 Å². The Morgan fingerprint density at radius 3 is 2.79 bits per heavy atom. The fourth-order valence-electron chi connectivity index (χ4n) is 4.08. The van der Waals surface area contributed by atoms with Crippen molar-refractivity contribution in [2.45, 2.75) is 32.2 Å². The first-order chi connectivity index (χ1) is 13.8. The topological polar surface area (TPSA) is 50.7 Å². The minimum absolute atomic E-state index is 0.293. The standard InChI is InChI=1S/C24H22N4/c1-16-26-23(19-13-18-8-3-5-11-21(18)25-15-19)14-24(27-16)28-22-12-6-9-17-7-2-4-10-20(17)22/h2-5,7-8,10-11,13-15,22H,6,9,12H2,1H3,(H,26,27,28)/t22-/m1/s1. The van der Waals surface area contributed by atoms with Crippen molar-refractivity contribution in [3.8, 4) is 11.3 Å². The third-order valence-electron chi connectivity index (χ3n) is 5.42. The largest absolute Gasteiger partial charge is 0.363 e. The van der Waals surface area contributed by atoms with Crippen molar-refractivity contribution in [1.82, 2.24) is 15.0 Å². The van der Waals surface area contributed by atoms with Crippen LogP contribution in [0.4, 0.5) is 5.82 Å². The van der Waals surface area contributed by atoms with Crippen LogP contribution in [0, 0.1) is 6.92 Å². The summed E-state index contributed by atoms with van der Waals surface area (Å²) in [5, 5.41) is 4.77. The fraction of sp³-hybridized carbons (Fsp3) is 0.208. The van der Waals surface area contributed by atoms with Crippen LogP contribution in [0.15, 0.2) is 66.9 Å². The molecule has 138 valence electrons. The number of nitrogens with zero attached hydrogens (tertiary/aromatic N) is 3. The molecule has 4 nitrogen and oxygen atoms in total. The number of anilines is 1. The van der Waals surface area contributed by atoms with Crippen molar-refractivity contribution in [2.75, 3.05) is 5.32 Å². The molecule has 28 heavy (non-hydrogen) atoms. The van der Waals surface area contributed by atoms with E-state index in [0.717, 1.165) is 46.6 Å². The second-order valence-electron chi connectivity index (χ2n) is 7.39. The van der Waals surface area contributed by atoms with Crippen LogP contribution in [0.2, 0.25) is 0 Å². The number of nitrogens with one attached hydrogen (secondary N) is 1. The van der Waals surface area contributed by atoms with Crippen molar-refractivity contribution >= 4 is 16.7 Å². The van der Waals surface area contributed by atoms with Crippen LogP contribution in [0.5, 0.6) is 0 Å². The number of hydrogen-bond acceptors (Lipinski definition) is 4. The molecule has 0 aliphatic heterocycles. The van der Waals surface area contributed by atoms with Crippen LogP contribution in [0.25, 0.3) is 22.2 Å². The van der Waals surface area contributed by atoms with Crippen LogP contribution in [-0.4, -0.2) is 15.0 Å². The van der Waals surface area contributed by atoms with Gasteiger partial charge < -0.3 is 5.32 Å². The van der Waals surface area contributed by atoms with Gasteiger partial charge in [0.25, 0.3) is 0 Å². The molecule has 0 saturated heterocycles. The van der Waals surface area contributed by atoms with E-state index >= 15 is 0 Å². The smallest absolute Gasteiger partial charge is 0.130 e. The Morgan fingerprint density at radius 2 is 1.82 bits per heavy atom. The highest BCUT2D eigenvalue weighted by Crippen LogP contribution is 2.32. The molecular weight excluding hydrogens is 344 g/mol. The lowest BCUT2D eigenvalue weighted by atomic mass is 9.88. The summed E-state index contributed by atoms with van der Waals surface area (Å²) in [6, 6.07) is 21.3. The number of hydrogen-bond donors (Lipinski definition) is 1. The molecule has 4 heteroatoms. The second kappa shape index (κ2) is 7.04. The number of aromatic nitrogens is 3. The average Bonchev–Trinajstić information content (AvgIpc) is 2.73. The van der Waals surface area contributed by atoms with Gasteiger partial charge in [0.2, 0.25) is 0 Å². The number of benzene rings is 2. The van der Waals surface area contributed by atoms with E-state index in [0.29, 0.717) is 6.04 Å². The lowest BCUT2D eigenvalue weighted by Gasteiger charge is -2.27. The molecule has 0 amide bonds. The van der Waals surface area contributed by atoms with Crippen LogP contribution in [0.1, 0.15) is 35.8 Å². The second-order valence-corrected chi connectivity index (χ2v) is 7.39. The Balaban J connectivity index is 1.49. The molecule has 1 N–H and O–H groups in total. The Bertz CT molecular complexity index is 1150. The highest BCUT2D eigenvalue weighted by molar-refractivity contribution is 5.83. The molecular formula is C24H22N4. The van der Waals surface area contributed by atoms with Crippen LogP contribution >= 0.6 is 0 Å². The van der Waals surface area contributed by atoms with Crippen molar-refractivity contribution in [3.63, 3.8) is 0 Å². The van der Waals surface area contributed by atoms with Gasteiger partial charge in [0.15, 0.2) is 0 Å². The van der Waals surface area contributed by atoms with Gasteiger partial charge in [-0.25, -0.2) is 9.97 Å². The number of para-hydroxylation sites is 1. The van der Waals surface area contributed by atoms with Gasteiger partial charge >= 0.3 is 0 Å². The molecule has 0 unspecified atom stereocenters. The molecule has 4 aromatic rings. The van der Waals surface area contributed by atoms with Crippen molar-refractivity contribution in [1.29, 1.82) is 0 Å². The summed E-state index contributed by atoms with van der Waals surface area (Å²) in [6.07, 6.45) is 5.36. The van der Waals surface area contributed by atoms with Gasteiger partial charge in [-0.15, -0.1) is 0 Å². The molecule has 0 saturated carbocycles. The molecule has 0 spiro atoms. The average molecular weight is 366 g/mol. The normalized spacial score (nSPS) is 16.0. The summed E-state index contributed by atoms with van der Waals surface area (Å²) in [4.78, 5) is 13.9. The van der Waals surface area contributed by atoms with Crippen molar-refractivity contribution < 1.29 is 0 Å². The minimum atomic E-state index is 0.293. The van der Waals surface area contributed by atoms with Gasteiger partial charge in [0, 0.05) is 23.2 Å². The van der Waals surface area contributed by atoms with Crippen LogP contribution in [-0.2, 0) is 6.42 Å². The summed E-state index contributed by atoms with van der Waals surface area (Å²) in [7, 11) is 0. The Labute approximate surface area is 164 Å². The van der Waals surface area contributed by atoms with Gasteiger partial charge in [0.05, 0.1) is 17.3 Å².